The zero-order valence-corrected chi connectivity index (χ0v) is 10.4. The van der Waals surface area contributed by atoms with Gasteiger partial charge in [0.15, 0.2) is 0 Å². The molecule has 2 amide bonds. The molecule has 1 aliphatic rings. The predicted octanol–water partition coefficient (Wildman–Crippen LogP) is 1.85. The number of carbonyl (C=O) groups excluding carboxylic acids is 1. The minimum absolute atomic E-state index is 0.0663. The number of urea groups is 1. The quantitative estimate of drug-likeness (QED) is 0.855. The lowest BCUT2D eigenvalue weighted by atomic mass is 10.1. The third-order valence-corrected chi connectivity index (χ3v) is 3.25. The lowest BCUT2D eigenvalue weighted by Crippen LogP contribution is -2.38. The van der Waals surface area contributed by atoms with Crippen LogP contribution in [-0.4, -0.2) is 40.2 Å². The molecule has 1 fully saturated rings. The van der Waals surface area contributed by atoms with E-state index in [0.717, 1.165) is 37.9 Å². The molecule has 2 heterocycles. The molecule has 1 unspecified atom stereocenters. The average Bonchev–Trinajstić information content (AvgIpc) is 2.86. The first kappa shape index (κ1) is 12.8. The van der Waals surface area contributed by atoms with Gasteiger partial charge in [-0.15, -0.1) is 0 Å². The zero-order valence-electron chi connectivity index (χ0n) is 10.4. The van der Waals surface area contributed by atoms with Gasteiger partial charge in [0, 0.05) is 25.4 Å². The van der Waals surface area contributed by atoms with E-state index >= 15 is 0 Å². The summed E-state index contributed by atoms with van der Waals surface area (Å²) in [4.78, 5) is 17.9. The Morgan fingerprint density at radius 2 is 2.50 bits per heavy atom. The van der Waals surface area contributed by atoms with Crippen LogP contribution in [0.1, 0.15) is 25.7 Å². The fraction of sp³-hybridized carbons (Fsp3) is 0.538. The summed E-state index contributed by atoms with van der Waals surface area (Å²) in [5, 5.41) is 11.7. The number of anilines is 1. The SMILES string of the molecule is O=C(Nc1cccnc1)N1CCCC1CCCO. The Balaban J connectivity index is 1.91. The summed E-state index contributed by atoms with van der Waals surface area (Å²) in [5.74, 6) is 0. The van der Waals surface area contributed by atoms with Gasteiger partial charge >= 0.3 is 6.03 Å². The molecule has 0 aromatic carbocycles. The number of rotatable bonds is 4. The highest BCUT2D eigenvalue weighted by Gasteiger charge is 2.28. The molecular formula is C13H19N3O2. The molecule has 1 aliphatic heterocycles. The smallest absolute Gasteiger partial charge is 0.322 e. The molecule has 0 bridgehead atoms. The van der Waals surface area contributed by atoms with Gasteiger partial charge in [0.1, 0.15) is 0 Å². The summed E-state index contributed by atoms with van der Waals surface area (Å²) in [7, 11) is 0. The van der Waals surface area contributed by atoms with Crippen molar-refractivity contribution in [3.63, 3.8) is 0 Å². The van der Waals surface area contributed by atoms with Crippen LogP contribution in [0.25, 0.3) is 0 Å². The summed E-state index contributed by atoms with van der Waals surface area (Å²) >= 11 is 0. The first-order valence-electron chi connectivity index (χ1n) is 6.40. The van der Waals surface area contributed by atoms with Gasteiger partial charge in [0.2, 0.25) is 0 Å². The number of hydrogen-bond acceptors (Lipinski definition) is 3. The van der Waals surface area contributed by atoms with Crippen molar-refractivity contribution in [2.24, 2.45) is 0 Å². The number of hydrogen-bond donors (Lipinski definition) is 2. The highest BCUT2D eigenvalue weighted by molar-refractivity contribution is 5.89. The van der Waals surface area contributed by atoms with Crippen LogP contribution >= 0.6 is 0 Å². The Morgan fingerprint density at radius 1 is 1.61 bits per heavy atom. The van der Waals surface area contributed by atoms with E-state index in [2.05, 4.69) is 10.3 Å². The Morgan fingerprint density at radius 3 is 3.22 bits per heavy atom. The van der Waals surface area contributed by atoms with Crippen LogP contribution in [0.5, 0.6) is 0 Å². The van der Waals surface area contributed by atoms with Crippen molar-refractivity contribution >= 4 is 11.7 Å². The molecular weight excluding hydrogens is 230 g/mol. The Labute approximate surface area is 107 Å². The van der Waals surface area contributed by atoms with Gasteiger partial charge < -0.3 is 15.3 Å². The summed E-state index contributed by atoms with van der Waals surface area (Å²) in [5.41, 5.74) is 0.718. The normalized spacial score (nSPS) is 18.9. The third kappa shape index (κ3) is 3.20. The van der Waals surface area contributed by atoms with Gasteiger partial charge in [-0.05, 0) is 37.8 Å². The van der Waals surface area contributed by atoms with E-state index in [4.69, 9.17) is 5.11 Å². The van der Waals surface area contributed by atoms with E-state index in [0.29, 0.717) is 0 Å². The van der Waals surface area contributed by atoms with Crippen LogP contribution in [0.15, 0.2) is 24.5 Å². The minimum atomic E-state index is -0.0663. The maximum Gasteiger partial charge on any atom is 0.322 e. The molecule has 1 aromatic heterocycles. The van der Waals surface area contributed by atoms with Crippen LogP contribution in [0.3, 0.4) is 0 Å². The molecule has 0 radical (unpaired) electrons. The van der Waals surface area contributed by atoms with Gasteiger partial charge in [0.05, 0.1) is 11.9 Å². The van der Waals surface area contributed by atoms with Crippen LogP contribution in [0.4, 0.5) is 10.5 Å². The lowest BCUT2D eigenvalue weighted by Gasteiger charge is -2.24. The monoisotopic (exact) mass is 249 g/mol. The van der Waals surface area contributed by atoms with Crippen molar-refractivity contribution < 1.29 is 9.90 Å². The summed E-state index contributed by atoms with van der Waals surface area (Å²) in [6, 6.07) is 3.81. The first-order chi connectivity index (χ1) is 8.81. The number of aliphatic hydroxyl groups is 1. The number of nitrogens with one attached hydrogen (secondary N) is 1. The minimum Gasteiger partial charge on any atom is -0.396 e. The van der Waals surface area contributed by atoms with E-state index in [-0.39, 0.29) is 18.7 Å². The standard InChI is InChI=1S/C13H19N3O2/c17-9-3-6-12-5-2-8-16(12)13(18)15-11-4-1-7-14-10-11/h1,4,7,10,12,17H,2-3,5-6,8-9H2,(H,15,18). The van der Waals surface area contributed by atoms with Crippen molar-refractivity contribution in [1.29, 1.82) is 0 Å². The van der Waals surface area contributed by atoms with Crippen molar-refractivity contribution in [3.05, 3.63) is 24.5 Å². The van der Waals surface area contributed by atoms with Crippen LogP contribution in [0.2, 0.25) is 0 Å². The summed E-state index contributed by atoms with van der Waals surface area (Å²) < 4.78 is 0. The number of pyridine rings is 1. The summed E-state index contributed by atoms with van der Waals surface area (Å²) in [6.45, 7) is 0.983. The number of aliphatic hydroxyl groups excluding tert-OH is 1. The zero-order chi connectivity index (χ0) is 12.8. The fourth-order valence-corrected chi connectivity index (χ4v) is 2.36. The molecule has 18 heavy (non-hydrogen) atoms. The second kappa shape index (κ2) is 6.35. The molecule has 2 N–H and O–H groups in total. The number of aromatic nitrogens is 1. The van der Waals surface area contributed by atoms with Crippen molar-refractivity contribution in [2.45, 2.75) is 31.7 Å². The largest absolute Gasteiger partial charge is 0.396 e. The van der Waals surface area contributed by atoms with Crippen LogP contribution in [0, 0.1) is 0 Å². The second-order valence-corrected chi connectivity index (χ2v) is 4.53. The third-order valence-electron chi connectivity index (χ3n) is 3.25. The van der Waals surface area contributed by atoms with E-state index in [9.17, 15) is 4.79 Å². The van der Waals surface area contributed by atoms with Crippen LogP contribution < -0.4 is 5.32 Å². The van der Waals surface area contributed by atoms with E-state index in [1.165, 1.54) is 0 Å². The van der Waals surface area contributed by atoms with E-state index in [1.54, 1.807) is 18.5 Å². The first-order valence-corrected chi connectivity index (χ1v) is 6.40. The predicted molar refractivity (Wildman–Crippen MR) is 69.3 cm³/mol. The Hall–Kier alpha value is -1.62. The molecule has 2 rings (SSSR count). The lowest BCUT2D eigenvalue weighted by molar-refractivity contribution is 0.197. The van der Waals surface area contributed by atoms with Crippen molar-refractivity contribution in [1.82, 2.24) is 9.88 Å². The van der Waals surface area contributed by atoms with Crippen LogP contribution in [-0.2, 0) is 0 Å². The number of carbonyl (C=O) groups is 1. The average molecular weight is 249 g/mol. The molecule has 1 saturated heterocycles. The Bertz CT molecular complexity index is 383. The Kier molecular flexibility index (Phi) is 4.52. The fourth-order valence-electron chi connectivity index (χ4n) is 2.36. The van der Waals surface area contributed by atoms with Gasteiger partial charge in [-0.2, -0.15) is 0 Å². The highest BCUT2D eigenvalue weighted by Crippen LogP contribution is 2.22. The number of nitrogens with zero attached hydrogens (tertiary/aromatic N) is 2. The van der Waals surface area contributed by atoms with Crippen molar-refractivity contribution in [2.75, 3.05) is 18.5 Å². The molecule has 5 heteroatoms. The molecule has 1 atom stereocenters. The molecule has 5 nitrogen and oxygen atoms in total. The molecule has 0 spiro atoms. The van der Waals surface area contributed by atoms with Gasteiger partial charge in [-0.3, -0.25) is 4.98 Å². The molecule has 0 aliphatic carbocycles. The highest BCUT2D eigenvalue weighted by atomic mass is 16.3. The van der Waals surface area contributed by atoms with E-state index in [1.807, 2.05) is 11.0 Å². The molecule has 1 aromatic rings. The molecule has 0 saturated carbocycles. The van der Waals surface area contributed by atoms with Gasteiger partial charge in [-0.25, -0.2) is 4.79 Å². The van der Waals surface area contributed by atoms with Gasteiger partial charge in [0.25, 0.3) is 0 Å². The number of likely N-dealkylation sites (tertiary alicyclic amines) is 1. The summed E-state index contributed by atoms with van der Waals surface area (Å²) in [6.07, 6.45) is 7.00. The number of amides is 2. The van der Waals surface area contributed by atoms with E-state index < -0.39 is 0 Å². The van der Waals surface area contributed by atoms with Gasteiger partial charge in [-0.1, -0.05) is 0 Å². The molecule has 98 valence electrons. The maximum atomic E-state index is 12.1. The second-order valence-electron chi connectivity index (χ2n) is 4.53. The maximum absolute atomic E-state index is 12.1. The van der Waals surface area contributed by atoms with Crippen molar-refractivity contribution in [3.8, 4) is 0 Å². The topological polar surface area (TPSA) is 65.5 Å².